The summed E-state index contributed by atoms with van der Waals surface area (Å²) in [5, 5.41) is 3.67. The molecule has 0 aromatic heterocycles. The van der Waals surface area contributed by atoms with Crippen molar-refractivity contribution in [2.75, 3.05) is 20.8 Å². The summed E-state index contributed by atoms with van der Waals surface area (Å²) in [4.78, 5) is 0. The fraction of sp³-hybridized carbons (Fsp3) is 0.667. The minimum atomic E-state index is 0.301. The van der Waals surface area contributed by atoms with Gasteiger partial charge < -0.3 is 14.8 Å². The minimum Gasteiger partial charge on any atom is -0.496 e. The van der Waals surface area contributed by atoms with E-state index < -0.39 is 0 Å². The van der Waals surface area contributed by atoms with E-state index in [0.29, 0.717) is 12.1 Å². The number of methoxy groups -OCH3 is 2. The molecular formula is C18H31NO2. The normalized spacial score (nSPS) is 14.0. The molecule has 0 heterocycles. The van der Waals surface area contributed by atoms with Crippen LogP contribution < -0.4 is 10.1 Å². The topological polar surface area (TPSA) is 30.5 Å². The highest BCUT2D eigenvalue weighted by molar-refractivity contribution is 5.42. The van der Waals surface area contributed by atoms with E-state index in [9.17, 15) is 0 Å². The number of aryl methyl sites for hydroxylation is 2. The third kappa shape index (κ3) is 5.33. The highest BCUT2D eigenvalue weighted by Crippen LogP contribution is 2.29. The van der Waals surface area contributed by atoms with Crippen molar-refractivity contribution in [1.82, 2.24) is 5.32 Å². The predicted octanol–water partition coefficient (Wildman–Crippen LogP) is 4.17. The molecule has 1 N–H and O–H groups in total. The van der Waals surface area contributed by atoms with E-state index in [-0.39, 0.29) is 0 Å². The number of rotatable bonds is 9. The van der Waals surface area contributed by atoms with Crippen LogP contribution in [0, 0.1) is 13.8 Å². The van der Waals surface area contributed by atoms with Crippen LogP contribution in [0.2, 0.25) is 0 Å². The zero-order chi connectivity index (χ0) is 15.8. The summed E-state index contributed by atoms with van der Waals surface area (Å²) in [7, 11) is 3.51. The van der Waals surface area contributed by atoms with Gasteiger partial charge >= 0.3 is 0 Å². The molecular weight excluding hydrogens is 262 g/mol. The molecule has 1 aromatic rings. The third-order valence-electron chi connectivity index (χ3n) is 4.06. The Morgan fingerprint density at radius 3 is 2.38 bits per heavy atom. The molecule has 3 nitrogen and oxygen atoms in total. The summed E-state index contributed by atoms with van der Waals surface area (Å²) >= 11 is 0. The highest BCUT2D eigenvalue weighted by Gasteiger charge is 2.16. The van der Waals surface area contributed by atoms with E-state index in [0.717, 1.165) is 31.6 Å². The van der Waals surface area contributed by atoms with Crippen molar-refractivity contribution in [2.24, 2.45) is 0 Å². The van der Waals surface area contributed by atoms with E-state index in [1.165, 1.54) is 16.7 Å². The maximum Gasteiger partial charge on any atom is 0.122 e. The Morgan fingerprint density at radius 2 is 1.81 bits per heavy atom. The van der Waals surface area contributed by atoms with E-state index in [1.54, 1.807) is 14.2 Å². The van der Waals surface area contributed by atoms with Crippen molar-refractivity contribution in [3.63, 3.8) is 0 Å². The first-order chi connectivity index (χ1) is 10.0. The largest absolute Gasteiger partial charge is 0.496 e. The Balaban J connectivity index is 2.93. The first-order valence-corrected chi connectivity index (χ1v) is 7.94. The van der Waals surface area contributed by atoms with Gasteiger partial charge in [-0.2, -0.15) is 0 Å². The van der Waals surface area contributed by atoms with Crippen molar-refractivity contribution in [2.45, 2.75) is 59.1 Å². The summed E-state index contributed by atoms with van der Waals surface area (Å²) in [6, 6.07) is 4.79. The number of hydrogen-bond donors (Lipinski definition) is 1. The molecule has 0 fully saturated rings. The van der Waals surface area contributed by atoms with Crippen LogP contribution in [0.15, 0.2) is 12.1 Å². The summed E-state index contributed by atoms with van der Waals surface area (Å²) in [5.41, 5.74) is 3.86. The van der Waals surface area contributed by atoms with Gasteiger partial charge in [0.2, 0.25) is 0 Å². The summed E-state index contributed by atoms with van der Waals surface area (Å²) in [5.74, 6) is 0.968. The maximum atomic E-state index is 5.42. The van der Waals surface area contributed by atoms with Crippen molar-refractivity contribution >= 4 is 0 Å². The molecule has 3 heteroatoms. The Hall–Kier alpha value is -1.06. The minimum absolute atomic E-state index is 0.301. The average Bonchev–Trinajstić information content (AvgIpc) is 2.49. The summed E-state index contributed by atoms with van der Waals surface area (Å²) in [6.07, 6.45) is 3.59. The molecule has 120 valence electrons. The van der Waals surface area contributed by atoms with Crippen LogP contribution in [0.4, 0.5) is 0 Å². The third-order valence-corrected chi connectivity index (χ3v) is 4.06. The van der Waals surface area contributed by atoms with Crippen LogP contribution in [0.5, 0.6) is 5.75 Å². The van der Waals surface area contributed by atoms with Gasteiger partial charge in [0.1, 0.15) is 5.75 Å². The molecule has 0 amide bonds. The number of nitrogens with one attached hydrogen (secondary N) is 1. The molecule has 0 aliphatic rings. The van der Waals surface area contributed by atoms with Crippen LogP contribution in [0.25, 0.3) is 0 Å². The maximum absolute atomic E-state index is 5.42. The van der Waals surface area contributed by atoms with Gasteiger partial charge in [0.15, 0.2) is 0 Å². The van der Waals surface area contributed by atoms with E-state index >= 15 is 0 Å². The molecule has 1 aromatic carbocycles. The van der Waals surface area contributed by atoms with Crippen LogP contribution in [0.1, 0.15) is 55.8 Å². The molecule has 2 unspecified atom stereocenters. The Morgan fingerprint density at radius 1 is 1.10 bits per heavy atom. The quantitative estimate of drug-likeness (QED) is 0.741. The zero-order valence-corrected chi connectivity index (χ0v) is 14.5. The molecule has 0 aliphatic carbocycles. The number of hydrogen-bond acceptors (Lipinski definition) is 3. The Kier molecular flexibility index (Phi) is 7.76. The summed E-state index contributed by atoms with van der Waals surface area (Å²) in [6.45, 7) is 9.64. The van der Waals surface area contributed by atoms with E-state index in [1.807, 2.05) is 0 Å². The number of ether oxygens (including phenoxy) is 2. The first-order valence-electron chi connectivity index (χ1n) is 7.94. The van der Waals surface area contributed by atoms with Gasteiger partial charge in [-0.3, -0.25) is 0 Å². The molecule has 0 saturated heterocycles. The van der Waals surface area contributed by atoms with Gasteiger partial charge in [-0.1, -0.05) is 13.0 Å². The van der Waals surface area contributed by atoms with Gasteiger partial charge in [-0.15, -0.1) is 0 Å². The van der Waals surface area contributed by atoms with Crippen molar-refractivity contribution in [1.29, 1.82) is 0 Å². The second-order valence-corrected chi connectivity index (χ2v) is 5.81. The standard InChI is InChI=1S/C18H31NO2/c1-7-10-19-17(9-8-15(4)20-5)16-11-14(3)18(21-6)12-13(16)2/h11-12,15,17,19H,7-10H2,1-6H3. The molecule has 0 aliphatic heterocycles. The van der Waals surface area contributed by atoms with E-state index in [4.69, 9.17) is 9.47 Å². The first kappa shape index (κ1) is 18.0. The molecule has 0 saturated carbocycles. The monoisotopic (exact) mass is 293 g/mol. The van der Waals surface area contributed by atoms with Crippen LogP contribution in [0.3, 0.4) is 0 Å². The lowest BCUT2D eigenvalue weighted by Crippen LogP contribution is -2.24. The zero-order valence-electron chi connectivity index (χ0n) is 14.5. The molecule has 1 rings (SSSR count). The molecule has 0 bridgehead atoms. The van der Waals surface area contributed by atoms with Gasteiger partial charge in [-0.25, -0.2) is 0 Å². The van der Waals surface area contributed by atoms with Gasteiger partial charge in [0, 0.05) is 13.2 Å². The highest BCUT2D eigenvalue weighted by atomic mass is 16.5. The second kappa shape index (κ2) is 9.06. The van der Waals surface area contributed by atoms with Gasteiger partial charge in [0.25, 0.3) is 0 Å². The van der Waals surface area contributed by atoms with Crippen LogP contribution in [-0.2, 0) is 4.74 Å². The Bertz CT molecular complexity index is 431. The molecule has 0 radical (unpaired) electrons. The lowest BCUT2D eigenvalue weighted by Gasteiger charge is -2.23. The fourth-order valence-electron chi connectivity index (χ4n) is 2.61. The smallest absolute Gasteiger partial charge is 0.122 e. The average molecular weight is 293 g/mol. The molecule has 0 spiro atoms. The molecule has 21 heavy (non-hydrogen) atoms. The summed E-state index contributed by atoms with van der Waals surface area (Å²) < 4.78 is 10.8. The Labute approximate surface area is 130 Å². The fourth-order valence-corrected chi connectivity index (χ4v) is 2.61. The molecule has 2 atom stereocenters. The van der Waals surface area contributed by atoms with Crippen LogP contribution >= 0.6 is 0 Å². The van der Waals surface area contributed by atoms with Crippen molar-refractivity contribution in [3.05, 3.63) is 28.8 Å². The van der Waals surface area contributed by atoms with Gasteiger partial charge in [0.05, 0.1) is 13.2 Å². The second-order valence-electron chi connectivity index (χ2n) is 5.81. The van der Waals surface area contributed by atoms with E-state index in [2.05, 4.69) is 45.1 Å². The van der Waals surface area contributed by atoms with Crippen LogP contribution in [-0.4, -0.2) is 26.9 Å². The van der Waals surface area contributed by atoms with Crippen molar-refractivity contribution < 1.29 is 9.47 Å². The lowest BCUT2D eigenvalue weighted by molar-refractivity contribution is 0.106. The van der Waals surface area contributed by atoms with Gasteiger partial charge in [-0.05, 0) is 69.3 Å². The lowest BCUT2D eigenvalue weighted by atomic mass is 9.94. The SMILES string of the molecule is CCCNC(CCC(C)OC)c1cc(C)c(OC)cc1C. The predicted molar refractivity (Wildman–Crippen MR) is 89.2 cm³/mol. The number of benzene rings is 1. The van der Waals surface area contributed by atoms with Crippen molar-refractivity contribution in [3.8, 4) is 5.75 Å².